The molecule has 0 aliphatic carbocycles. The molecule has 1 N–H and O–H groups in total. The molecule has 6 nitrogen and oxygen atoms in total. The van der Waals surface area contributed by atoms with Gasteiger partial charge in [-0.1, -0.05) is 76.4 Å². The molecule has 9 heteroatoms. The molecule has 1 unspecified atom stereocenters. The van der Waals surface area contributed by atoms with Crippen LogP contribution < -0.4 is 14.9 Å². The Bertz CT molecular complexity index is 1250. The standard InChI is InChI=1S/C26H21BrCl2N2O4/c1-2-22(34-24-12-10-20(28)15-21(24)29)26(33)31-30-16-18-14-19(27)9-11-23(18)35-25(32)13-8-17-6-4-3-5-7-17/h3-16,22H,2H2,1H3,(H,31,33). The van der Waals surface area contributed by atoms with Crippen LogP contribution in [-0.4, -0.2) is 24.2 Å². The number of halogens is 3. The van der Waals surface area contributed by atoms with Crippen LogP contribution in [0, 0.1) is 0 Å². The van der Waals surface area contributed by atoms with Crippen LogP contribution in [0.25, 0.3) is 6.08 Å². The molecule has 0 spiro atoms. The van der Waals surface area contributed by atoms with E-state index >= 15 is 0 Å². The first-order valence-electron chi connectivity index (χ1n) is 10.5. The minimum absolute atomic E-state index is 0.283. The third-order valence-corrected chi connectivity index (χ3v) is 5.62. The van der Waals surface area contributed by atoms with Crippen molar-refractivity contribution in [3.63, 3.8) is 0 Å². The summed E-state index contributed by atoms with van der Waals surface area (Å²) in [6, 6.07) is 19.2. The fourth-order valence-corrected chi connectivity index (χ4v) is 3.70. The molecule has 0 radical (unpaired) electrons. The number of nitrogens with one attached hydrogen (secondary N) is 1. The minimum atomic E-state index is -0.825. The fourth-order valence-electron chi connectivity index (χ4n) is 2.87. The van der Waals surface area contributed by atoms with E-state index in [1.54, 1.807) is 43.3 Å². The zero-order valence-electron chi connectivity index (χ0n) is 18.6. The fraction of sp³-hybridized carbons (Fsp3) is 0.115. The van der Waals surface area contributed by atoms with Crippen molar-refractivity contribution in [2.24, 2.45) is 5.10 Å². The molecule has 180 valence electrons. The maximum absolute atomic E-state index is 12.6. The average Bonchev–Trinajstić information content (AvgIpc) is 2.84. The van der Waals surface area contributed by atoms with Gasteiger partial charge in [-0.05, 0) is 54.5 Å². The van der Waals surface area contributed by atoms with Crippen molar-refractivity contribution in [1.82, 2.24) is 5.43 Å². The number of rotatable bonds is 9. The van der Waals surface area contributed by atoms with Crippen LogP contribution in [-0.2, 0) is 9.59 Å². The summed E-state index contributed by atoms with van der Waals surface area (Å²) in [5.74, 6) is -0.389. The Morgan fingerprint density at radius 2 is 1.80 bits per heavy atom. The lowest BCUT2D eigenvalue weighted by molar-refractivity contribution is -0.129. The van der Waals surface area contributed by atoms with E-state index in [2.05, 4.69) is 26.5 Å². The third kappa shape index (κ3) is 8.24. The quantitative estimate of drug-likeness (QED) is 0.101. The van der Waals surface area contributed by atoms with Gasteiger partial charge in [-0.25, -0.2) is 10.2 Å². The van der Waals surface area contributed by atoms with E-state index in [0.717, 1.165) is 10.0 Å². The highest BCUT2D eigenvalue weighted by molar-refractivity contribution is 9.10. The van der Waals surface area contributed by atoms with Crippen LogP contribution in [0.5, 0.6) is 11.5 Å². The lowest BCUT2D eigenvalue weighted by Gasteiger charge is -2.16. The number of benzene rings is 3. The van der Waals surface area contributed by atoms with Gasteiger partial charge in [0.2, 0.25) is 0 Å². The van der Waals surface area contributed by atoms with E-state index in [9.17, 15) is 9.59 Å². The number of hydrazone groups is 1. The van der Waals surface area contributed by atoms with Gasteiger partial charge in [0.25, 0.3) is 5.91 Å². The lowest BCUT2D eigenvalue weighted by atomic mass is 10.2. The normalized spacial score (nSPS) is 12.0. The van der Waals surface area contributed by atoms with Crippen LogP contribution in [0.2, 0.25) is 10.0 Å². The summed E-state index contributed by atoms with van der Waals surface area (Å²) >= 11 is 15.4. The molecule has 0 saturated heterocycles. The van der Waals surface area contributed by atoms with Crippen molar-refractivity contribution >= 4 is 63.3 Å². The Balaban J connectivity index is 1.65. The Hall–Kier alpha value is -3.13. The highest BCUT2D eigenvalue weighted by atomic mass is 79.9. The number of hydrogen-bond donors (Lipinski definition) is 1. The van der Waals surface area contributed by atoms with Crippen molar-refractivity contribution in [1.29, 1.82) is 0 Å². The monoisotopic (exact) mass is 574 g/mol. The first-order valence-corrected chi connectivity index (χ1v) is 12.1. The molecule has 0 saturated carbocycles. The number of carbonyl (C=O) groups is 2. The first-order chi connectivity index (χ1) is 16.9. The van der Waals surface area contributed by atoms with Crippen molar-refractivity contribution in [3.05, 3.63) is 98.5 Å². The van der Waals surface area contributed by atoms with E-state index < -0.39 is 18.0 Å². The van der Waals surface area contributed by atoms with Crippen LogP contribution in [0.4, 0.5) is 0 Å². The van der Waals surface area contributed by atoms with Gasteiger partial charge in [-0.15, -0.1) is 0 Å². The SMILES string of the molecule is CCC(Oc1ccc(Cl)cc1Cl)C(=O)NN=Cc1cc(Br)ccc1OC(=O)C=Cc1ccccc1. The zero-order chi connectivity index (χ0) is 25.2. The second-order valence-corrected chi connectivity index (χ2v) is 8.93. The molecule has 1 amide bonds. The van der Waals surface area contributed by atoms with Gasteiger partial charge < -0.3 is 9.47 Å². The average molecular weight is 576 g/mol. The topological polar surface area (TPSA) is 77.0 Å². The van der Waals surface area contributed by atoms with Crippen LogP contribution >= 0.6 is 39.1 Å². The summed E-state index contributed by atoms with van der Waals surface area (Å²) in [5, 5.41) is 4.77. The van der Waals surface area contributed by atoms with Gasteiger partial charge in [0.05, 0.1) is 11.2 Å². The first kappa shape index (κ1) is 26.5. The van der Waals surface area contributed by atoms with E-state index in [1.807, 2.05) is 30.3 Å². The van der Waals surface area contributed by atoms with Gasteiger partial charge in [-0.3, -0.25) is 4.79 Å². The highest BCUT2D eigenvalue weighted by Gasteiger charge is 2.19. The number of hydrogen-bond acceptors (Lipinski definition) is 5. The largest absolute Gasteiger partial charge is 0.479 e. The zero-order valence-corrected chi connectivity index (χ0v) is 21.7. The molecule has 0 aliphatic rings. The molecule has 3 aromatic carbocycles. The number of carbonyl (C=O) groups excluding carboxylic acids is 2. The van der Waals surface area contributed by atoms with Gasteiger partial charge in [0, 0.05) is 21.1 Å². The maximum Gasteiger partial charge on any atom is 0.336 e. The predicted octanol–water partition coefficient (Wildman–Crippen LogP) is 6.68. The summed E-state index contributed by atoms with van der Waals surface area (Å²) < 4.78 is 11.9. The summed E-state index contributed by atoms with van der Waals surface area (Å²) in [5.41, 5.74) is 3.80. The maximum atomic E-state index is 12.6. The van der Waals surface area contributed by atoms with E-state index in [-0.39, 0.29) is 5.75 Å². The Kier molecular flexibility index (Phi) is 9.90. The van der Waals surface area contributed by atoms with Gasteiger partial charge in [-0.2, -0.15) is 5.10 Å². The number of nitrogens with zero attached hydrogens (tertiary/aromatic N) is 1. The van der Waals surface area contributed by atoms with Crippen LogP contribution in [0.3, 0.4) is 0 Å². The number of ether oxygens (including phenoxy) is 2. The lowest BCUT2D eigenvalue weighted by Crippen LogP contribution is -2.35. The van der Waals surface area contributed by atoms with Crippen molar-refractivity contribution < 1.29 is 19.1 Å². The number of esters is 1. The van der Waals surface area contributed by atoms with Gasteiger partial charge in [0.1, 0.15) is 11.5 Å². The Labute approximate surface area is 221 Å². The molecule has 0 heterocycles. The van der Waals surface area contributed by atoms with Crippen molar-refractivity contribution in [2.45, 2.75) is 19.4 Å². The molecule has 0 fully saturated rings. The third-order valence-electron chi connectivity index (χ3n) is 4.60. The van der Waals surface area contributed by atoms with Crippen LogP contribution in [0.15, 0.2) is 82.4 Å². The molecule has 0 aromatic heterocycles. The molecule has 3 rings (SSSR count). The van der Waals surface area contributed by atoms with Crippen molar-refractivity contribution in [3.8, 4) is 11.5 Å². The molecule has 1 atom stereocenters. The molecule has 0 aliphatic heterocycles. The van der Waals surface area contributed by atoms with Crippen molar-refractivity contribution in [2.75, 3.05) is 0 Å². The molecular formula is C26H21BrCl2N2O4. The minimum Gasteiger partial charge on any atom is -0.479 e. The Morgan fingerprint density at radius 1 is 1.06 bits per heavy atom. The molecule has 3 aromatic rings. The summed E-state index contributed by atoms with van der Waals surface area (Å²) in [6.45, 7) is 1.80. The smallest absolute Gasteiger partial charge is 0.336 e. The molecule has 0 bridgehead atoms. The number of amides is 1. The Morgan fingerprint density at radius 3 is 2.51 bits per heavy atom. The van der Waals surface area contributed by atoms with Crippen LogP contribution in [0.1, 0.15) is 24.5 Å². The summed E-state index contributed by atoms with van der Waals surface area (Å²) in [4.78, 5) is 24.9. The van der Waals surface area contributed by atoms with E-state index in [4.69, 9.17) is 32.7 Å². The van der Waals surface area contributed by atoms with E-state index in [0.29, 0.717) is 27.8 Å². The summed E-state index contributed by atoms with van der Waals surface area (Å²) in [7, 11) is 0. The highest BCUT2D eigenvalue weighted by Crippen LogP contribution is 2.28. The van der Waals surface area contributed by atoms with Gasteiger partial charge in [0.15, 0.2) is 6.10 Å². The second kappa shape index (κ2) is 13.1. The predicted molar refractivity (Wildman–Crippen MR) is 142 cm³/mol. The van der Waals surface area contributed by atoms with E-state index in [1.165, 1.54) is 18.4 Å². The second-order valence-electron chi connectivity index (χ2n) is 7.17. The summed E-state index contributed by atoms with van der Waals surface area (Å²) in [6.07, 6.45) is 3.94. The van der Waals surface area contributed by atoms with Gasteiger partial charge >= 0.3 is 5.97 Å². The molecular weight excluding hydrogens is 555 g/mol. The molecule has 35 heavy (non-hydrogen) atoms.